The number of hydrogen-bond acceptors (Lipinski definition) is 3. The smallest absolute Gasteiger partial charge is 0.238 e. The molecule has 0 radical (unpaired) electrons. The first-order valence-electron chi connectivity index (χ1n) is 6.60. The van der Waals surface area contributed by atoms with Gasteiger partial charge in [0.05, 0.1) is 18.8 Å². The highest BCUT2D eigenvalue weighted by Gasteiger charge is 2.26. The Kier molecular flexibility index (Phi) is 5.36. The van der Waals surface area contributed by atoms with Crippen LogP contribution >= 0.6 is 15.9 Å². The van der Waals surface area contributed by atoms with E-state index in [1.165, 1.54) is 6.42 Å². The Hall–Kier alpha value is -0.910. The van der Waals surface area contributed by atoms with Crippen LogP contribution < -0.4 is 5.32 Å². The maximum absolute atomic E-state index is 12.0. The fourth-order valence-electron chi connectivity index (χ4n) is 2.21. The third-order valence-electron chi connectivity index (χ3n) is 3.47. The molecule has 1 aromatic rings. The van der Waals surface area contributed by atoms with Gasteiger partial charge in [-0.05, 0) is 40.9 Å². The molecule has 0 aliphatic heterocycles. The lowest BCUT2D eigenvalue weighted by Gasteiger charge is -2.36. The third-order valence-corrected chi connectivity index (χ3v) is 4.16. The first-order chi connectivity index (χ1) is 9.20. The minimum absolute atomic E-state index is 0.0350. The number of aliphatic hydroxyl groups excluding tert-OH is 1. The minimum Gasteiger partial charge on any atom is -0.395 e. The van der Waals surface area contributed by atoms with Crippen molar-refractivity contribution < 1.29 is 9.90 Å². The van der Waals surface area contributed by atoms with Crippen LogP contribution in [0.2, 0.25) is 0 Å². The number of amides is 1. The molecule has 0 spiro atoms. The summed E-state index contributed by atoms with van der Waals surface area (Å²) in [5, 5.41) is 12.0. The molecule has 0 atom stereocenters. The number of rotatable bonds is 6. The number of anilines is 1. The average Bonchev–Trinajstić information content (AvgIpc) is 2.30. The van der Waals surface area contributed by atoms with Crippen LogP contribution in [-0.4, -0.2) is 41.7 Å². The molecule has 0 aromatic heterocycles. The van der Waals surface area contributed by atoms with Gasteiger partial charge in [-0.2, -0.15) is 0 Å². The van der Waals surface area contributed by atoms with Crippen LogP contribution in [-0.2, 0) is 4.79 Å². The molecule has 4 nitrogen and oxygen atoms in total. The van der Waals surface area contributed by atoms with Crippen molar-refractivity contribution in [1.29, 1.82) is 0 Å². The second-order valence-electron chi connectivity index (χ2n) is 4.81. The van der Waals surface area contributed by atoms with Crippen molar-refractivity contribution in [3.8, 4) is 0 Å². The second kappa shape index (κ2) is 7.03. The monoisotopic (exact) mass is 326 g/mol. The van der Waals surface area contributed by atoms with E-state index in [-0.39, 0.29) is 12.5 Å². The topological polar surface area (TPSA) is 52.6 Å². The number of carbonyl (C=O) groups is 1. The second-order valence-corrected chi connectivity index (χ2v) is 5.66. The van der Waals surface area contributed by atoms with Gasteiger partial charge < -0.3 is 10.4 Å². The van der Waals surface area contributed by atoms with E-state index in [1.807, 2.05) is 24.3 Å². The van der Waals surface area contributed by atoms with Crippen LogP contribution in [0.25, 0.3) is 0 Å². The summed E-state index contributed by atoms with van der Waals surface area (Å²) >= 11 is 3.41. The number of nitrogens with zero attached hydrogens (tertiary/aromatic N) is 1. The summed E-state index contributed by atoms with van der Waals surface area (Å²) < 4.78 is 0.876. The van der Waals surface area contributed by atoms with Gasteiger partial charge in [-0.3, -0.25) is 9.69 Å². The summed E-state index contributed by atoms with van der Waals surface area (Å²) in [6.45, 7) is 0.999. The molecule has 0 saturated heterocycles. The van der Waals surface area contributed by atoms with Crippen LogP contribution in [0.3, 0.4) is 0 Å². The summed E-state index contributed by atoms with van der Waals surface area (Å²) in [5.74, 6) is -0.0350. The number of para-hydroxylation sites is 1. The van der Waals surface area contributed by atoms with Gasteiger partial charge in [0.2, 0.25) is 5.91 Å². The Balaban J connectivity index is 1.90. The van der Waals surface area contributed by atoms with Gasteiger partial charge >= 0.3 is 0 Å². The summed E-state index contributed by atoms with van der Waals surface area (Å²) in [7, 11) is 0. The lowest BCUT2D eigenvalue weighted by Crippen LogP contribution is -2.45. The molecule has 0 heterocycles. The van der Waals surface area contributed by atoms with Crippen molar-refractivity contribution in [1.82, 2.24) is 4.90 Å². The molecule has 104 valence electrons. The number of halogens is 1. The quantitative estimate of drug-likeness (QED) is 0.842. The van der Waals surface area contributed by atoms with Gasteiger partial charge in [0.25, 0.3) is 0 Å². The third kappa shape index (κ3) is 4.03. The standard InChI is InChI=1S/C14H19BrN2O2/c15-12-6-1-2-7-13(12)16-14(19)10-17(8-9-18)11-4-3-5-11/h1-2,6-7,11,18H,3-5,8-10H2,(H,16,19). The molecule has 0 bridgehead atoms. The van der Waals surface area contributed by atoms with Crippen molar-refractivity contribution in [2.45, 2.75) is 25.3 Å². The largest absolute Gasteiger partial charge is 0.395 e. The molecule has 19 heavy (non-hydrogen) atoms. The number of nitrogens with one attached hydrogen (secondary N) is 1. The van der Waals surface area contributed by atoms with Gasteiger partial charge in [-0.15, -0.1) is 0 Å². The predicted octanol–water partition coefficient (Wildman–Crippen LogP) is 2.23. The van der Waals surface area contributed by atoms with E-state index in [1.54, 1.807) is 0 Å². The number of hydrogen-bond donors (Lipinski definition) is 2. The van der Waals surface area contributed by atoms with E-state index in [0.29, 0.717) is 19.1 Å². The van der Waals surface area contributed by atoms with Gasteiger partial charge in [0.1, 0.15) is 0 Å². The fourth-order valence-corrected chi connectivity index (χ4v) is 2.59. The predicted molar refractivity (Wildman–Crippen MR) is 79.1 cm³/mol. The zero-order chi connectivity index (χ0) is 13.7. The van der Waals surface area contributed by atoms with Gasteiger partial charge in [-0.1, -0.05) is 18.6 Å². The highest BCUT2D eigenvalue weighted by Crippen LogP contribution is 2.25. The zero-order valence-electron chi connectivity index (χ0n) is 10.8. The number of carbonyl (C=O) groups excluding carboxylic acids is 1. The van der Waals surface area contributed by atoms with Gasteiger partial charge in [0.15, 0.2) is 0 Å². The van der Waals surface area contributed by atoms with E-state index in [9.17, 15) is 4.79 Å². The van der Waals surface area contributed by atoms with E-state index < -0.39 is 0 Å². The summed E-state index contributed by atoms with van der Waals surface area (Å²) in [4.78, 5) is 14.1. The Morgan fingerprint density at radius 2 is 2.16 bits per heavy atom. The molecule has 1 aliphatic carbocycles. The Morgan fingerprint density at radius 3 is 2.74 bits per heavy atom. The molecule has 1 amide bonds. The average molecular weight is 327 g/mol. The van der Waals surface area contributed by atoms with Crippen LogP contribution in [0, 0.1) is 0 Å². The Bertz CT molecular complexity index is 435. The molecule has 1 saturated carbocycles. The Labute approximate surface area is 121 Å². The Morgan fingerprint density at radius 1 is 1.42 bits per heavy atom. The summed E-state index contributed by atoms with van der Waals surface area (Å²) in [6, 6.07) is 8.01. The van der Waals surface area contributed by atoms with E-state index in [2.05, 4.69) is 26.1 Å². The van der Waals surface area contributed by atoms with Crippen LogP contribution in [0.15, 0.2) is 28.7 Å². The minimum atomic E-state index is -0.0350. The molecule has 0 unspecified atom stereocenters. The highest BCUT2D eigenvalue weighted by atomic mass is 79.9. The highest BCUT2D eigenvalue weighted by molar-refractivity contribution is 9.10. The SMILES string of the molecule is O=C(CN(CCO)C1CCC1)Nc1ccccc1Br. The van der Waals surface area contributed by atoms with Crippen molar-refractivity contribution in [2.75, 3.05) is 25.0 Å². The van der Waals surface area contributed by atoms with E-state index in [0.717, 1.165) is 23.0 Å². The van der Waals surface area contributed by atoms with Crippen LogP contribution in [0.4, 0.5) is 5.69 Å². The van der Waals surface area contributed by atoms with Crippen LogP contribution in [0.5, 0.6) is 0 Å². The maximum atomic E-state index is 12.0. The van der Waals surface area contributed by atoms with Crippen molar-refractivity contribution >= 4 is 27.5 Å². The summed E-state index contributed by atoms with van der Waals surface area (Å²) in [5.41, 5.74) is 0.782. The molecule has 2 rings (SSSR count). The summed E-state index contributed by atoms with van der Waals surface area (Å²) in [6.07, 6.45) is 3.48. The molecular weight excluding hydrogens is 308 g/mol. The molecule has 1 aromatic carbocycles. The number of aliphatic hydroxyl groups is 1. The lowest BCUT2D eigenvalue weighted by atomic mass is 9.91. The first-order valence-corrected chi connectivity index (χ1v) is 7.39. The first kappa shape index (κ1) is 14.5. The van der Waals surface area contributed by atoms with Crippen molar-refractivity contribution in [3.63, 3.8) is 0 Å². The van der Waals surface area contributed by atoms with Gasteiger partial charge in [0, 0.05) is 17.1 Å². The molecule has 1 fully saturated rings. The van der Waals surface area contributed by atoms with Crippen molar-refractivity contribution in [2.24, 2.45) is 0 Å². The molecular formula is C14H19BrN2O2. The maximum Gasteiger partial charge on any atom is 0.238 e. The van der Waals surface area contributed by atoms with Crippen LogP contribution in [0.1, 0.15) is 19.3 Å². The lowest BCUT2D eigenvalue weighted by molar-refractivity contribution is -0.118. The number of benzene rings is 1. The van der Waals surface area contributed by atoms with Gasteiger partial charge in [-0.25, -0.2) is 0 Å². The van der Waals surface area contributed by atoms with E-state index in [4.69, 9.17) is 5.11 Å². The molecule has 5 heteroatoms. The zero-order valence-corrected chi connectivity index (χ0v) is 12.4. The molecule has 1 aliphatic rings. The normalized spacial score (nSPS) is 15.3. The van der Waals surface area contributed by atoms with Crippen molar-refractivity contribution in [3.05, 3.63) is 28.7 Å². The molecule has 2 N–H and O–H groups in total. The van der Waals surface area contributed by atoms with E-state index >= 15 is 0 Å². The fraction of sp³-hybridized carbons (Fsp3) is 0.500.